The lowest BCUT2D eigenvalue weighted by atomic mass is 9.65. The molecule has 0 saturated heterocycles. The molecule has 6 nitrogen and oxygen atoms in total. The molecule has 6 aromatic carbocycles. The Bertz CT molecular complexity index is 1860. The molecule has 246 valence electrons. The predicted octanol–water partition coefficient (Wildman–Crippen LogP) is 10.3. The summed E-state index contributed by atoms with van der Waals surface area (Å²) < 4.78 is 17.5. The van der Waals surface area contributed by atoms with E-state index in [1.165, 1.54) is 0 Å². The number of hydrogen-bond acceptors (Lipinski definition) is 6. The Hall–Kier alpha value is -5.69. The van der Waals surface area contributed by atoms with Crippen molar-refractivity contribution < 1.29 is 28.8 Å². The van der Waals surface area contributed by atoms with Gasteiger partial charge in [0.25, 0.3) is 0 Å². The van der Waals surface area contributed by atoms with Crippen LogP contribution >= 0.6 is 0 Å². The van der Waals surface area contributed by atoms with Crippen LogP contribution in [0.3, 0.4) is 0 Å². The molecule has 0 aliphatic carbocycles. The fourth-order valence-corrected chi connectivity index (χ4v) is 5.91. The fraction of sp³-hybridized carbons (Fsp3) is 0.140. The van der Waals surface area contributed by atoms with Gasteiger partial charge in [-0.15, -0.1) is 0 Å². The number of carbonyl (C=O) groups excluding carboxylic acids is 1. The molecule has 0 spiro atoms. The largest absolute Gasteiger partial charge is 0.462 e. The van der Waals surface area contributed by atoms with Crippen molar-refractivity contribution >= 4 is 5.97 Å². The lowest BCUT2D eigenvalue weighted by molar-refractivity contribution is -0.300. The minimum atomic E-state index is -0.636. The van der Waals surface area contributed by atoms with Crippen molar-refractivity contribution in [1.82, 2.24) is 0 Å². The highest BCUT2D eigenvalue weighted by Crippen LogP contribution is 2.46. The van der Waals surface area contributed by atoms with Crippen molar-refractivity contribution in [2.24, 2.45) is 0 Å². The standard InChI is InChI=1S/C43H38O6/c1-3-45-42(44)33-17-25-39(26-18-33)49-41-29-21-37(22-30-41)43(34-11-7-5-8-12-34,35-13-9-6-10-14-35)36-19-27-40(28-20-36)48-38-23-15-32(16-24-38)31-47-46-4-2/h5-30H,3-4,31H2,1-2H3. The minimum absolute atomic E-state index is 0.329. The number of hydrogen-bond donors (Lipinski definition) is 0. The smallest absolute Gasteiger partial charge is 0.338 e. The second kappa shape index (κ2) is 15.9. The summed E-state index contributed by atoms with van der Waals surface area (Å²) in [5, 5.41) is 0. The number of rotatable bonds is 14. The normalized spacial score (nSPS) is 11.1. The molecule has 0 bridgehead atoms. The van der Waals surface area contributed by atoms with E-state index in [0.717, 1.165) is 39.3 Å². The number of carbonyl (C=O) groups is 1. The van der Waals surface area contributed by atoms with Crippen LogP contribution in [0.25, 0.3) is 0 Å². The van der Waals surface area contributed by atoms with E-state index in [4.69, 9.17) is 24.0 Å². The Kier molecular flexibility index (Phi) is 10.8. The number of esters is 1. The summed E-state index contributed by atoms with van der Waals surface area (Å²) in [6.45, 7) is 4.88. The van der Waals surface area contributed by atoms with Gasteiger partial charge in [-0.25, -0.2) is 14.6 Å². The maximum Gasteiger partial charge on any atom is 0.338 e. The lowest BCUT2D eigenvalue weighted by Gasteiger charge is -2.37. The van der Waals surface area contributed by atoms with Gasteiger partial charge in [-0.2, -0.15) is 0 Å². The molecule has 0 N–H and O–H groups in total. The van der Waals surface area contributed by atoms with Gasteiger partial charge in [-0.05, 0) is 102 Å². The van der Waals surface area contributed by atoms with Crippen LogP contribution in [0.15, 0.2) is 158 Å². The molecule has 6 heteroatoms. The molecule has 6 rings (SSSR count). The van der Waals surface area contributed by atoms with Crippen molar-refractivity contribution in [2.45, 2.75) is 25.9 Å². The van der Waals surface area contributed by atoms with Crippen LogP contribution in [-0.4, -0.2) is 19.2 Å². The van der Waals surface area contributed by atoms with Crippen LogP contribution in [0, 0.1) is 0 Å². The highest BCUT2D eigenvalue weighted by Gasteiger charge is 2.38. The Balaban J connectivity index is 1.32. The Labute approximate surface area is 287 Å². The first-order valence-electron chi connectivity index (χ1n) is 16.4. The van der Waals surface area contributed by atoms with E-state index >= 15 is 0 Å². The summed E-state index contributed by atoms with van der Waals surface area (Å²) in [5.74, 6) is 2.42. The van der Waals surface area contributed by atoms with E-state index in [0.29, 0.717) is 36.9 Å². The van der Waals surface area contributed by atoms with Gasteiger partial charge in [-0.3, -0.25) is 0 Å². The maximum absolute atomic E-state index is 12.1. The van der Waals surface area contributed by atoms with Gasteiger partial charge >= 0.3 is 5.97 Å². The average molecular weight is 651 g/mol. The molecule has 0 atom stereocenters. The molecule has 0 aliphatic heterocycles. The monoisotopic (exact) mass is 650 g/mol. The zero-order chi connectivity index (χ0) is 33.9. The molecule has 6 aromatic rings. The Morgan fingerprint density at radius 2 is 0.878 bits per heavy atom. The van der Waals surface area contributed by atoms with Crippen LogP contribution in [0.4, 0.5) is 0 Å². The third kappa shape index (κ3) is 7.73. The summed E-state index contributed by atoms with van der Waals surface area (Å²) in [6, 6.07) is 52.3. The van der Waals surface area contributed by atoms with Gasteiger partial charge in [0, 0.05) is 0 Å². The van der Waals surface area contributed by atoms with Crippen LogP contribution in [-0.2, 0) is 26.5 Å². The molecule has 0 fully saturated rings. The summed E-state index contributed by atoms with van der Waals surface area (Å²) in [7, 11) is 0. The van der Waals surface area contributed by atoms with E-state index in [1.54, 1.807) is 31.2 Å². The van der Waals surface area contributed by atoms with Crippen molar-refractivity contribution in [3.05, 3.63) is 191 Å². The number of ether oxygens (including phenoxy) is 3. The summed E-state index contributed by atoms with van der Waals surface area (Å²) >= 11 is 0. The van der Waals surface area contributed by atoms with E-state index in [2.05, 4.69) is 72.8 Å². The highest BCUT2D eigenvalue weighted by atomic mass is 17.2. The Morgan fingerprint density at radius 3 is 1.31 bits per heavy atom. The molecule has 49 heavy (non-hydrogen) atoms. The molecule has 0 unspecified atom stereocenters. The second-order valence-electron chi connectivity index (χ2n) is 11.3. The SMILES string of the molecule is CCOOCc1ccc(Oc2ccc(C(c3ccccc3)(c3ccccc3)c3ccc(Oc4ccc(C(=O)OCC)cc4)cc3)cc2)cc1. The van der Waals surface area contributed by atoms with Gasteiger partial charge in [0.15, 0.2) is 0 Å². The zero-order valence-corrected chi connectivity index (χ0v) is 27.6. The van der Waals surface area contributed by atoms with Crippen molar-refractivity contribution in [1.29, 1.82) is 0 Å². The van der Waals surface area contributed by atoms with E-state index in [9.17, 15) is 4.79 Å². The number of benzene rings is 6. The first kappa shape index (κ1) is 33.2. The maximum atomic E-state index is 12.1. The first-order valence-corrected chi connectivity index (χ1v) is 16.4. The van der Waals surface area contributed by atoms with Crippen molar-refractivity contribution in [3.63, 3.8) is 0 Å². The second-order valence-corrected chi connectivity index (χ2v) is 11.3. The molecular weight excluding hydrogens is 612 g/mol. The highest BCUT2D eigenvalue weighted by molar-refractivity contribution is 5.89. The van der Waals surface area contributed by atoms with Crippen LogP contribution in [0.5, 0.6) is 23.0 Å². The van der Waals surface area contributed by atoms with Crippen LogP contribution in [0.2, 0.25) is 0 Å². The summed E-state index contributed by atoms with van der Waals surface area (Å²) in [5.41, 5.74) is 5.26. The van der Waals surface area contributed by atoms with Crippen molar-refractivity contribution in [3.8, 4) is 23.0 Å². The lowest BCUT2D eigenvalue weighted by Crippen LogP contribution is -2.30. The predicted molar refractivity (Wildman–Crippen MR) is 190 cm³/mol. The summed E-state index contributed by atoms with van der Waals surface area (Å²) in [6.07, 6.45) is 0. The summed E-state index contributed by atoms with van der Waals surface area (Å²) in [4.78, 5) is 22.2. The fourth-order valence-electron chi connectivity index (χ4n) is 5.91. The van der Waals surface area contributed by atoms with Crippen LogP contribution in [0.1, 0.15) is 52.0 Å². The van der Waals surface area contributed by atoms with Gasteiger partial charge in [0.1, 0.15) is 29.6 Å². The molecule has 0 heterocycles. The molecule has 0 radical (unpaired) electrons. The molecule has 0 aliphatic rings. The molecule has 0 amide bonds. The van der Waals surface area contributed by atoms with E-state index in [1.807, 2.05) is 67.6 Å². The van der Waals surface area contributed by atoms with Gasteiger partial charge in [0.2, 0.25) is 0 Å². The quantitative estimate of drug-likeness (QED) is 0.0384. The first-order chi connectivity index (χ1) is 24.1. The van der Waals surface area contributed by atoms with Crippen LogP contribution < -0.4 is 9.47 Å². The topological polar surface area (TPSA) is 63.2 Å². The van der Waals surface area contributed by atoms with Gasteiger partial charge in [-0.1, -0.05) is 97.1 Å². The van der Waals surface area contributed by atoms with Gasteiger partial charge < -0.3 is 14.2 Å². The molecule has 0 aromatic heterocycles. The van der Waals surface area contributed by atoms with Crippen molar-refractivity contribution in [2.75, 3.05) is 13.2 Å². The third-order valence-electron chi connectivity index (χ3n) is 8.18. The van der Waals surface area contributed by atoms with Gasteiger partial charge in [0.05, 0.1) is 24.2 Å². The average Bonchev–Trinajstić information content (AvgIpc) is 3.15. The Morgan fingerprint density at radius 1 is 0.469 bits per heavy atom. The minimum Gasteiger partial charge on any atom is -0.462 e. The molecule has 0 saturated carbocycles. The zero-order valence-electron chi connectivity index (χ0n) is 27.6. The molecular formula is C43H38O6. The van der Waals surface area contributed by atoms with E-state index < -0.39 is 5.41 Å². The third-order valence-corrected chi connectivity index (χ3v) is 8.18. The van der Waals surface area contributed by atoms with E-state index in [-0.39, 0.29) is 5.97 Å².